The molecule has 148 valence electrons. The molecule has 0 N–H and O–H groups in total. The van der Waals surface area contributed by atoms with Crippen LogP contribution < -0.4 is 9.47 Å². The van der Waals surface area contributed by atoms with Crippen molar-refractivity contribution in [2.45, 2.75) is 6.42 Å². The molecule has 1 aliphatic heterocycles. The number of hydrogen-bond donors (Lipinski definition) is 0. The molecule has 0 aliphatic carbocycles. The molecule has 0 atom stereocenters. The Morgan fingerprint density at radius 2 is 1.54 bits per heavy atom. The molecule has 1 heterocycles. The van der Waals surface area contributed by atoms with E-state index in [9.17, 15) is 4.39 Å². The van der Waals surface area contributed by atoms with E-state index in [1.807, 2.05) is 12.1 Å². The van der Waals surface area contributed by atoms with Crippen molar-refractivity contribution >= 4 is 0 Å². The largest absolute Gasteiger partial charge is 0.494 e. The molecule has 28 heavy (non-hydrogen) atoms. The zero-order chi connectivity index (χ0) is 19.6. The minimum Gasteiger partial charge on any atom is -0.494 e. The summed E-state index contributed by atoms with van der Waals surface area (Å²) in [5.74, 6) is 0.817. The van der Waals surface area contributed by atoms with Crippen LogP contribution in [0.15, 0.2) is 48.5 Å². The number of halogens is 1. The van der Waals surface area contributed by atoms with Gasteiger partial charge in [0.25, 0.3) is 0 Å². The van der Waals surface area contributed by atoms with Gasteiger partial charge in [0.1, 0.15) is 12.4 Å². The van der Waals surface area contributed by atoms with Crippen molar-refractivity contribution in [1.29, 1.82) is 5.26 Å². The highest BCUT2D eigenvalue weighted by atomic mass is 19.1. The van der Waals surface area contributed by atoms with Crippen LogP contribution in [0.1, 0.15) is 12.0 Å². The van der Waals surface area contributed by atoms with E-state index in [0.717, 1.165) is 51.4 Å². The Bertz CT molecular complexity index is 768. The Balaban J connectivity index is 1.26. The maximum atomic E-state index is 13.5. The second kappa shape index (κ2) is 10.6. The summed E-state index contributed by atoms with van der Waals surface area (Å²) in [6.07, 6.45) is 0.969. The van der Waals surface area contributed by atoms with Gasteiger partial charge in [-0.05, 0) is 42.8 Å². The van der Waals surface area contributed by atoms with Crippen LogP contribution in [-0.2, 0) is 0 Å². The van der Waals surface area contributed by atoms with E-state index in [0.29, 0.717) is 24.5 Å². The number of nitriles is 1. The molecule has 2 aromatic carbocycles. The van der Waals surface area contributed by atoms with Crippen LogP contribution in [-0.4, -0.2) is 62.3 Å². The molecule has 0 unspecified atom stereocenters. The Kier molecular flexibility index (Phi) is 7.65. The molecule has 6 heteroatoms. The monoisotopic (exact) mass is 383 g/mol. The Morgan fingerprint density at radius 1 is 0.857 bits per heavy atom. The third-order valence-electron chi connectivity index (χ3n) is 4.84. The van der Waals surface area contributed by atoms with Crippen molar-refractivity contribution in [2.75, 3.05) is 52.5 Å². The number of para-hydroxylation sites is 1. The summed E-state index contributed by atoms with van der Waals surface area (Å²) in [5, 5.41) is 8.79. The highest BCUT2D eigenvalue weighted by molar-refractivity contribution is 5.34. The first-order valence-corrected chi connectivity index (χ1v) is 9.69. The summed E-state index contributed by atoms with van der Waals surface area (Å²) in [6.45, 7) is 7.03. The number of nitrogens with zero attached hydrogens (tertiary/aromatic N) is 3. The normalized spacial score (nSPS) is 15.1. The molecule has 0 bridgehead atoms. The van der Waals surface area contributed by atoms with Gasteiger partial charge in [0, 0.05) is 39.3 Å². The fourth-order valence-electron chi connectivity index (χ4n) is 3.19. The van der Waals surface area contributed by atoms with Gasteiger partial charge in [-0.2, -0.15) is 5.26 Å². The number of ether oxygens (including phenoxy) is 2. The minimum absolute atomic E-state index is 0.310. The molecule has 0 radical (unpaired) electrons. The number of piperazine rings is 1. The van der Waals surface area contributed by atoms with Gasteiger partial charge in [-0.3, -0.25) is 4.90 Å². The number of rotatable bonds is 9. The number of hydrogen-bond acceptors (Lipinski definition) is 5. The van der Waals surface area contributed by atoms with Gasteiger partial charge in [-0.1, -0.05) is 12.1 Å². The van der Waals surface area contributed by atoms with Crippen LogP contribution in [0.2, 0.25) is 0 Å². The van der Waals surface area contributed by atoms with E-state index >= 15 is 0 Å². The summed E-state index contributed by atoms with van der Waals surface area (Å²) >= 11 is 0. The lowest BCUT2D eigenvalue weighted by molar-refractivity contribution is 0.111. The molecule has 0 amide bonds. The maximum absolute atomic E-state index is 13.5. The van der Waals surface area contributed by atoms with E-state index in [2.05, 4.69) is 15.9 Å². The average Bonchev–Trinajstić information content (AvgIpc) is 2.74. The molecular weight excluding hydrogens is 357 g/mol. The van der Waals surface area contributed by atoms with Gasteiger partial charge in [0.05, 0.1) is 18.2 Å². The highest BCUT2D eigenvalue weighted by Gasteiger charge is 2.16. The van der Waals surface area contributed by atoms with Gasteiger partial charge < -0.3 is 14.4 Å². The summed E-state index contributed by atoms with van der Waals surface area (Å²) in [6, 6.07) is 15.8. The first kappa shape index (κ1) is 20.1. The molecule has 3 rings (SSSR count). The lowest BCUT2D eigenvalue weighted by atomic mass is 10.2. The third kappa shape index (κ3) is 6.22. The van der Waals surface area contributed by atoms with Crippen molar-refractivity contribution in [3.8, 4) is 17.6 Å². The van der Waals surface area contributed by atoms with Crippen LogP contribution in [0.5, 0.6) is 11.5 Å². The van der Waals surface area contributed by atoms with Crippen LogP contribution in [0.3, 0.4) is 0 Å². The van der Waals surface area contributed by atoms with E-state index in [1.54, 1.807) is 30.3 Å². The van der Waals surface area contributed by atoms with Gasteiger partial charge >= 0.3 is 0 Å². The summed E-state index contributed by atoms with van der Waals surface area (Å²) in [4.78, 5) is 4.79. The van der Waals surface area contributed by atoms with Crippen molar-refractivity contribution in [1.82, 2.24) is 9.80 Å². The van der Waals surface area contributed by atoms with Crippen LogP contribution in [0.4, 0.5) is 4.39 Å². The van der Waals surface area contributed by atoms with E-state index in [1.165, 1.54) is 6.07 Å². The standard InChI is InChI=1S/C22H26FN3O2/c23-21-4-1-2-5-22(21)28-17-15-26-13-11-25(12-14-26)10-3-16-27-20-8-6-19(18-24)7-9-20/h1-2,4-9H,3,10-17H2. The molecule has 2 aromatic rings. The Labute approximate surface area is 165 Å². The molecule has 1 aliphatic rings. The average molecular weight is 383 g/mol. The summed E-state index contributed by atoms with van der Waals surface area (Å²) < 4.78 is 24.8. The fraction of sp³-hybridized carbons (Fsp3) is 0.409. The molecule has 0 saturated carbocycles. The van der Waals surface area contributed by atoms with Gasteiger partial charge in [0.2, 0.25) is 0 Å². The molecule has 1 saturated heterocycles. The lowest BCUT2D eigenvalue weighted by Gasteiger charge is -2.34. The topological polar surface area (TPSA) is 48.7 Å². The predicted molar refractivity (Wildman–Crippen MR) is 106 cm³/mol. The van der Waals surface area contributed by atoms with Crippen LogP contribution in [0, 0.1) is 17.1 Å². The van der Waals surface area contributed by atoms with Gasteiger partial charge in [-0.25, -0.2) is 4.39 Å². The summed E-state index contributed by atoms with van der Waals surface area (Å²) in [5.41, 5.74) is 0.643. The Morgan fingerprint density at radius 3 is 2.21 bits per heavy atom. The molecule has 0 aromatic heterocycles. The smallest absolute Gasteiger partial charge is 0.165 e. The zero-order valence-electron chi connectivity index (χ0n) is 16.0. The predicted octanol–water partition coefficient (Wildman–Crippen LogP) is 3.16. The second-order valence-electron chi connectivity index (χ2n) is 6.80. The second-order valence-corrected chi connectivity index (χ2v) is 6.80. The number of benzene rings is 2. The van der Waals surface area contributed by atoms with E-state index in [-0.39, 0.29) is 5.82 Å². The maximum Gasteiger partial charge on any atom is 0.165 e. The lowest BCUT2D eigenvalue weighted by Crippen LogP contribution is -2.47. The van der Waals surface area contributed by atoms with Crippen LogP contribution in [0.25, 0.3) is 0 Å². The first-order valence-electron chi connectivity index (χ1n) is 9.69. The Hall–Kier alpha value is -2.62. The van der Waals surface area contributed by atoms with Crippen molar-refractivity contribution in [2.24, 2.45) is 0 Å². The zero-order valence-corrected chi connectivity index (χ0v) is 16.0. The third-order valence-corrected chi connectivity index (χ3v) is 4.84. The minimum atomic E-state index is -0.310. The van der Waals surface area contributed by atoms with E-state index in [4.69, 9.17) is 14.7 Å². The summed E-state index contributed by atoms with van der Waals surface area (Å²) in [7, 11) is 0. The van der Waals surface area contributed by atoms with Crippen molar-refractivity contribution in [3.63, 3.8) is 0 Å². The van der Waals surface area contributed by atoms with Gasteiger partial charge in [0.15, 0.2) is 11.6 Å². The molecule has 1 fully saturated rings. The van der Waals surface area contributed by atoms with Crippen molar-refractivity contribution < 1.29 is 13.9 Å². The van der Waals surface area contributed by atoms with Gasteiger partial charge in [-0.15, -0.1) is 0 Å². The molecular formula is C22H26FN3O2. The van der Waals surface area contributed by atoms with Crippen molar-refractivity contribution in [3.05, 3.63) is 59.9 Å². The fourth-order valence-corrected chi connectivity index (χ4v) is 3.19. The highest BCUT2D eigenvalue weighted by Crippen LogP contribution is 2.15. The first-order chi connectivity index (χ1) is 13.7. The van der Waals surface area contributed by atoms with Crippen LogP contribution >= 0.6 is 0 Å². The van der Waals surface area contributed by atoms with E-state index < -0.39 is 0 Å². The molecule has 5 nitrogen and oxygen atoms in total. The molecule has 0 spiro atoms. The quantitative estimate of drug-likeness (QED) is 0.623. The SMILES string of the molecule is N#Cc1ccc(OCCCN2CCN(CCOc3ccccc3F)CC2)cc1.